The van der Waals surface area contributed by atoms with E-state index in [2.05, 4.69) is 15.6 Å². The maximum absolute atomic E-state index is 12.0. The number of nitrogens with zero attached hydrogens (tertiary/aromatic N) is 1. The molecule has 5 heteroatoms. The van der Waals surface area contributed by atoms with Crippen molar-refractivity contribution in [1.29, 1.82) is 0 Å². The summed E-state index contributed by atoms with van der Waals surface area (Å²) in [5.41, 5.74) is 2.46. The van der Waals surface area contributed by atoms with E-state index in [4.69, 9.17) is 4.74 Å². The second-order valence-electron chi connectivity index (χ2n) is 4.22. The quantitative estimate of drug-likeness (QED) is 0.818. The molecule has 0 radical (unpaired) electrons. The SMILES string of the molecule is CNc1cncc(NC(C(=O)OC)c2ccccc2)c1. The molecule has 20 heavy (non-hydrogen) atoms. The molecule has 0 saturated carbocycles. The first-order valence-electron chi connectivity index (χ1n) is 6.26. The van der Waals surface area contributed by atoms with Gasteiger partial charge >= 0.3 is 5.97 Å². The Morgan fingerprint density at radius 3 is 2.55 bits per heavy atom. The van der Waals surface area contributed by atoms with Gasteiger partial charge in [0.15, 0.2) is 6.04 Å². The molecule has 0 aliphatic heterocycles. The maximum Gasteiger partial charge on any atom is 0.332 e. The molecule has 1 aromatic carbocycles. The van der Waals surface area contributed by atoms with Crippen LogP contribution in [0.5, 0.6) is 0 Å². The molecule has 2 N–H and O–H groups in total. The number of carbonyl (C=O) groups is 1. The Bertz CT molecular complexity index is 572. The van der Waals surface area contributed by atoms with E-state index in [1.165, 1.54) is 7.11 Å². The Morgan fingerprint density at radius 1 is 1.20 bits per heavy atom. The van der Waals surface area contributed by atoms with Gasteiger partial charge < -0.3 is 15.4 Å². The summed E-state index contributed by atoms with van der Waals surface area (Å²) in [4.78, 5) is 16.1. The van der Waals surface area contributed by atoms with Crippen molar-refractivity contribution in [3.63, 3.8) is 0 Å². The number of ether oxygens (including phenoxy) is 1. The molecule has 0 aliphatic carbocycles. The van der Waals surface area contributed by atoms with Crippen molar-refractivity contribution in [3.05, 3.63) is 54.4 Å². The minimum absolute atomic E-state index is 0.342. The summed E-state index contributed by atoms with van der Waals surface area (Å²) >= 11 is 0. The lowest BCUT2D eigenvalue weighted by Gasteiger charge is -2.18. The van der Waals surface area contributed by atoms with E-state index in [0.29, 0.717) is 0 Å². The zero-order chi connectivity index (χ0) is 14.4. The van der Waals surface area contributed by atoms with E-state index in [9.17, 15) is 4.79 Å². The van der Waals surface area contributed by atoms with Gasteiger partial charge in [0.05, 0.1) is 30.9 Å². The molecule has 0 fully saturated rings. The molecule has 1 unspecified atom stereocenters. The van der Waals surface area contributed by atoms with Crippen molar-refractivity contribution in [2.75, 3.05) is 24.8 Å². The molecule has 0 saturated heterocycles. The van der Waals surface area contributed by atoms with Crippen molar-refractivity contribution in [3.8, 4) is 0 Å². The van der Waals surface area contributed by atoms with Crippen LogP contribution in [0.4, 0.5) is 11.4 Å². The molecule has 0 bridgehead atoms. The molecule has 0 aliphatic rings. The van der Waals surface area contributed by atoms with Crippen LogP contribution in [0.2, 0.25) is 0 Å². The van der Waals surface area contributed by atoms with Crippen LogP contribution in [0.3, 0.4) is 0 Å². The number of benzene rings is 1. The number of hydrogen-bond acceptors (Lipinski definition) is 5. The fraction of sp³-hybridized carbons (Fsp3) is 0.200. The second-order valence-corrected chi connectivity index (χ2v) is 4.22. The first-order chi connectivity index (χ1) is 9.74. The third-order valence-corrected chi connectivity index (χ3v) is 2.91. The molecular formula is C15H17N3O2. The Balaban J connectivity index is 2.26. The fourth-order valence-electron chi connectivity index (χ4n) is 1.86. The van der Waals surface area contributed by atoms with Crippen LogP contribution in [0.25, 0.3) is 0 Å². The highest BCUT2D eigenvalue weighted by atomic mass is 16.5. The molecule has 0 spiro atoms. The summed E-state index contributed by atoms with van der Waals surface area (Å²) in [6.45, 7) is 0. The topological polar surface area (TPSA) is 63.2 Å². The van der Waals surface area contributed by atoms with Crippen LogP contribution in [0.15, 0.2) is 48.8 Å². The van der Waals surface area contributed by atoms with E-state index in [0.717, 1.165) is 16.9 Å². The van der Waals surface area contributed by atoms with Gasteiger partial charge in [-0.25, -0.2) is 4.79 Å². The van der Waals surface area contributed by atoms with E-state index in [1.807, 2.05) is 43.4 Å². The van der Waals surface area contributed by atoms with Crippen molar-refractivity contribution in [1.82, 2.24) is 4.98 Å². The number of nitrogens with one attached hydrogen (secondary N) is 2. The van der Waals surface area contributed by atoms with E-state index in [1.54, 1.807) is 12.4 Å². The maximum atomic E-state index is 12.0. The highest BCUT2D eigenvalue weighted by molar-refractivity contribution is 5.81. The summed E-state index contributed by atoms with van der Waals surface area (Å²) in [6, 6.07) is 10.8. The molecule has 5 nitrogen and oxygen atoms in total. The fourth-order valence-corrected chi connectivity index (χ4v) is 1.86. The molecule has 104 valence electrons. The predicted molar refractivity (Wildman–Crippen MR) is 78.6 cm³/mol. The largest absolute Gasteiger partial charge is 0.467 e. The number of carbonyl (C=O) groups excluding carboxylic acids is 1. The zero-order valence-corrected chi connectivity index (χ0v) is 11.5. The van der Waals surface area contributed by atoms with Gasteiger partial charge in [0.2, 0.25) is 0 Å². The molecule has 2 rings (SSSR count). The minimum Gasteiger partial charge on any atom is -0.467 e. The number of esters is 1. The Labute approximate surface area is 118 Å². The standard InChI is InChI=1S/C15H17N3O2/c1-16-12-8-13(10-17-9-12)18-14(15(19)20-2)11-6-4-3-5-7-11/h3-10,14,16,18H,1-2H3. The Kier molecular flexibility index (Phi) is 4.55. The van der Waals surface area contributed by atoms with Crippen molar-refractivity contribution >= 4 is 17.3 Å². The number of aromatic nitrogens is 1. The predicted octanol–water partition coefficient (Wildman–Crippen LogP) is 2.45. The van der Waals surface area contributed by atoms with Crippen LogP contribution < -0.4 is 10.6 Å². The van der Waals surface area contributed by atoms with Gasteiger partial charge in [0, 0.05) is 7.05 Å². The van der Waals surface area contributed by atoms with Crippen LogP contribution in [-0.2, 0) is 9.53 Å². The third kappa shape index (κ3) is 3.26. The van der Waals surface area contributed by atoms with Crippen molar-refractivity contribution in [2.45, 2.75) is 6.04 Å². The Morgan fingerprint density at radius 2 is 1.90 bits per heavy atom. The van der Waals surface area contributed by atoms with E-state index in [-0.39, 0.29) is 5.97 Å². The molecule has 2 aromatic rings. The van der Waals surface area contributed by atoms with Gasteiger partial charge in [-0.15, -0.1) is 0 Å². The summed E-state index contributed by atoms with van der Waals surface area (Å²) in [5, 5.41) is 6.15. The molecule has 1 heterocycles. The second kappa shape index (κ2) is 6.56. The number of rotatable bonds is 5. The van der Waals surface area contributed by atoms with Crippen molar-refractivity contribution < 1.29 is 9.53 Å². The van der Waals surface area contributed by atoms with Gasteiger partial charge in [0.1, 0.15) is 0 Å². The van der Waals surface area contributed by atoms with Crippen molar-refractivity contribution in [2.24, 2.45) is 0 Å². The molecule has 1 aromatic heterocycles. The molecule has 0 amide bonds. The molecule has 1 atom stereocenters. The van der Waals surface area contributed by atoms with Crippen LogP contribution >= 0.6 is 0 Å². The van der Waals surface area contributed by atoms with Gasteiger partial charge in [-0.2, -0.15) is 0 Å². The van der Waals surface area contributed by atoms with Gasteiger partial charge in [0.25, 0.3) is 0 Å². The number of anilines is 2. The highest BCUT2D eigenvalue weighted by Gasteiger charge is 2.21. The third-order valence-electron chi connectivity index (χ3n) is 2.91. The van der Waals surface area contributed by atoms with Gasteiger partial charge in [-0.1, -0.05) is 30.3 Å². The summed E-state index contributed by atoms with van der Waals surface area (Å²) in [7, 11) is 3.19. The lowest BCUT2D eigenvalue weighted by Crippen LogP contribution is -2.22. The van der Waals surface area contributed by atoms with Crippen LogP contribution in [-0.4, -0.2) is 25.1 Å². The molecular weight excluding hydrogens is 254 g/mol. The number of hydrogen-bond donors (Lipinski definition) is 2. The summed E-state index contributed by atoms with van der Waals surface area (Å²) in [5.74, 6) is -0.342. The average molecular weight is 271 g/mol. The number of methoxy groups -OCH3 is 1. The van der Waals surface area contributed by atoms with E-state index >= 15 is 0 Å². The monoisotopic (exact) mass is 271 g/mol. The van der Waals surface area contributed by atoms with Crippen LogP contribution in [0.1, 0.15) is 11.6 Å². The lowest BCUT2D eigenvalue weighted by atomic mass is 10.1. The first-order valence-corrected chi connectivity index (χ1v) is 6.26. The first kappa shape index (κ1) is 13.9. The normalized spacial score (nSPS) is 11.5. The van der Waals surface area contributed by atoms with Gasteiger partial charge in [-0.05, 0) is 11.6 Å². The summed E-state index contributed by atoms with van der Waals surface area (Å²) in [6.07, 6.45) is 3.38. The smallest absolute Gasteiger partial charge is 0.332 e. The van der Waals surface area contributed by atoms with Crippen LogP contribution in [0, 0.1) is 0 Å². The number of pyridine rings is 1. The summed E-state index contributed by atoms with van der Waals surface area (Å²) < 4.78 is 4.86. The lowest BCUT2D eigenvalue weighted by molar-refractivity contribution is -0.141. The Hall–Kier alpha value is -2.56. The minimum atomic E-state index is -0.560. The zero-order valence-electron chi connectivity index (χ0n) is 11.5. The van der Waals surface area contributed by atoms with E-state index < -0.39 is 6.04 Å². The average Bonchev–Trinajstić information content (AvgIpc) is 2.53. The van der Waals surface area contributed by atoms with Gasteiger partial charge in [-0.3, -0.25) is 4.98 Å². The highest BCUT2D eigenvalue weighted by Crippen LogP contribution is 2.22.